The molecule has 1 aromatic carbocycles. The van der Waals surface area contributed by atoms with E-state index in [9.17, 15) is 14.4 Å². The normalized spacial score (nSPS) is 10.3. The van der Waals surface area contributed by atoms with Gasteiger partial charge in [0.2, 0.25) is 5.91 Å². The summed E-state index contributed by atoms with van der Waals surface area (Å²) < 4.78 is 0. The number of amides is 1. The number of thioether (sulfide) groups is 1. The first kappa shape index (κ1) is 18.2. The summed E-state index contributed by atoms with van der Waals surface area (Å²) in [5.41, 5.74) is 0.666. The Morgan fingerprint density at radius 3 is 2.58 bits per heavy atom. The molecule has 126 valence electrons. The van der Waals surface area contributed by atoms with Crippen LogP contribution in [0.3, 0.4) is 0 Å². The molecule has 0 unspecified atom stereocenters. The molecule has 0 aliphatic carbocycles. The lowest BCUT2D eigenvalue weighted by Crippen LogP contribution is -2.27. The van der Waals surface area contributed by atoms with Crippen LogP contribution >= 0.6 is 23.1 Å². The highest BCUT2D eigenvalue weighted by Crippen LogP contribution is 2.10. The van der Waals surface area contributed by atoms with E-state index in [0.29, 0.717) is 23.5 Å². The van der Waals surface area contributed by atoms with Gasteiger partial charge in [-0.2, -0.15) is 0 Å². The number of nitrogens with one attached hydrogen (secondary N) is 1. The van der Waals surface area contributed by atoms with Crippen molar-refractivity contribution in [3.8, 4) is 0 Å². The number of hydrogen-bond donors (Lipinski definition) is 2. The molecule has 0 fully saturated rings. The number of hydrogen-bond acceptors (Lipinski definition) is 6. The second-order valence-electron chi connectivity index (χ2n) is 4.81. The van der Waals surface area contributed by atoms with Gasteiger partial charge in [-0.15, -0.1) is 23.1 Å². The fourth-order valence-corrected chi connectivity index (χ4v) is 3.34. The van der Waals surface area contributed by atoms with Crippen LogP contribution in [0, 0.1) is 0 Å². The van der Waals surface area contributed by atoms with E-state index in [2.05, 4.69) is 10.3 Å². The third-order valence-corrected chi connectivity index (χ3v) is 4.84. The van der Waals surface area contributed by atoms with Crippen molar-refractivity contribution in [3.63, 3.8) is 0 Å². The van der Waals surface area contributed by atoms with Crippen molar-refractivity contribution in [2.45, 2.75) is 6.42 Å². The zero-order valence-corrected chi connectivity index (χ0v) is 14.4. The summed E-state index contributed by atoms with van der Waals surface area (Å²) in [7, 11) is 0. The summed E-state index contributed by atoms with van der Waals surface area (Å²) in [5.74, 6) is -0.753. The number of aromatic carboxylic acids is 1. The van der Waals surface area contributed by atoms with E-state index < -0.39 is 5.97 Å². The summed E-state index contributed by atoms with van der Waals surface area (Å²) in [6.07, 6.45) is 0.483. The van der Waals surface area contributed by atoms with E-state index in [1.165, 1.54) is 28.5 Å². The predicted molar refractivity (Wildman–Crippen MR) is 93.9 cm³/mol. The smallest absolute Gasteiger partial charge is 0.355 e. The maximum Gasteiger partial charge on any atom is 0.355 e. The molecule has 1 aromatic heterocycles. The summed E-state index contributed by atoms with van der Waals surface area (Å²) in [6, 6.07) is 8.96. The fourth-order valence-electron chi connectivity index (χ4n) is 1.83. The molecule has 1 amide bonds. The molecule has 0 atom stereocenters. The molecular formula is C16H16N2O4S2. The molecule has 0 aliphatic rings. The van der Waals surface area contributed by atoms with Crippen LogP contribution in [0.5, 0.6) is 0 Å². The van der Waals surface area contributed by atoms with Crippen LogP contribution in [0.2, 0.25) is 0 Å². The first-order valence-electron chi connectivity index (χ1n) is 7.16. The molecule has 0 saturated carbocycles. The van der Waals surface area contributed by atoms with Crippen LogP contribution in [0.4, 0.5) is 0 Å². The molecule has 6 nitrogen and oxygen atoms in total. The third kappa shape index (κ3) is 5.78. The van der Waals surface area contributed by atoms with Crippen molar-refractivity contribution in [2.24, 2.45) is 0 Å². The number of carboxylic acid groups (broad SMARTS) is 1. The molecule has 1 heterocycles. The number of carboxylic acids is 1. The maximum absolute atomic E-state index is 11.9. The Bertz CT molecular complexity index is 716. The predicted octanol–water partition coefficient (Wildman–Crippen LogP) is 2.12. The van der Waals surface area contributed by atoms with E-state index in [-0.39, 0.29) is 28.9 Å². The minimum absolute atomic E-state index is 0.00242. The van der Waals surface area contributed by atoms with Crippen LogP contribution in [-0.4, -0.2) is 45.8 Å². The van der Waals surface area contributed by atoms with Gasteiger partial charge in [0.1, 0.15) is 0 Å². The number of Topliss-reactive ketones (excluding diaryl/α,β-unsaturated/α-hetero) is 1. The molecular weight excluding hydrogens is 348 g/mol. The highest BCUT2D eigenvalue weighted by atomic mass is 32.2. The zero-order chi connectivity index (χ0) is 17.4. The fraction of sp³-hybridized carbons (Fsp3) is 0.250. The molecule has 2 aromatic rings. The Kier molecular flexibility index (Phi) is 6.95. The van der Waals surface area contributed by atoms with Gasteiger partial charge in [-0.25, -0.2) is 9.78 Å². The van der Waals surface area contributed by atoms with Crippen LogP contribution in [-0.2, 0) is 11.2 Å². The Morgan fingerprint density at radius 1 is 1.17 bits per heavy atom. The number of nitrogens with zero attached hydrogens (tertiary/aromatic N) is 1. The van der Waals surface area contributed by atoms with Crippen LogP contribution in [0.15, 0.2) is 35.7 Å². The topological polar surface area (TPSA) is 96.4 Å². The van der Waals surface area contributed by atoms with E-state index in [0.717, 1.165) is 0 Å². The van der Waals surface area contributed by atoms with Crippen molar-refractivity contribution in [2.75, 3.05) is 18.1 Å². The molecule has 24 heavy (non-hydrogen) atoms. The lowest BCUT2D eigenvalue weighted by molar-refractivity contribution is -0.118. The first-order valence-corrected chi connectivity index (χ1v) is 9.20. The summed E-state index contributed by atoms with van der Waals surface area (Å²) in [4.78, 5) is 38.2. The maximum atomic E-state index is 11.9. The number of ketones is 1. The lowest BCUT2D eigenvalue weighted by atomic mass is 10.2. The van der Waals surface area contributed by atoms with Crippen molar-refractivity contribution < 1.29 is 19.5 Å². The van der Waals surface area contributed by atoms with Gasteiger partial charge in [0.25, 0.3) is 0 Å². The van der Waals surface area contributed by atoms with Crippen molar-refractivity contribution >= 4 is 40.8 Å². The zero-order valence-electron chi connectivity index (χ0n) is 12.7. The molecule has 2 rings (SSSR count). The summed E-state index contributed by atoms with van der Waals surface area (Å²) >= 11 is 2.52. The number of carbonyl (C=O) groups is 3. The van der Waals surface area contributed by atoms with E-state index in [1.807, 2.05) is 6.07 Å². The second kappa shape index (κ2) is 9.19. The number of rotatable bonds is 9. The standard InChI is InChI=1S/C16H16N2O4S2/c19-13(11-4-2-1-3-5-11)9-23-10-14(20)17-7-6-15-18-12(8-24-15)16(21)22/h1-5,8H,6-7,9-10H2,(H,17,20)(H,21,22). The van der Waals surface area contributed by atoms with E-state index in [1.54, 1.807) is 24.3 Å². The Labute approximate surface area is 147 Å². The van der Waals surface area contributed by atoms with Gasteiger partial charge in [0, 0.05) is 23.9 Å². The highest BCUT2D eigenvalue weighted by Gasteiger charge is 2.10. The SMILES string of the molecule is O=C(CSCC(=O)c1ccccc1)NCCc1nc(C(=O)O)cs1. The molecule has 8 heteroatoms. The minimum Gasteiger partial charge on any atom is -0.476 e. The largest absolute Gasteiger partial charge is 0.476 e. The molecule has 0 spiro atoms. The van der Waals surface area contributed by atoms with Gasteiger partial charge < -0.3 is 10.4 Å². The molecule has 0 bridgehead atoms. The quantitative estimate of drug-likeness (QED) is 0.662. The Hall–Kier alpha value is -2.19. The second-order valence-corrected chi connectivity index (χ2v) is 6.74. The van der Waals surface area contributed by atoms with Gasteiger partial charge in [0.15, 0.2) is 11.5 Å². The van der Waals surface area contributed by atoms with E-state index >= 15 is 0 Å². The lowest BCUT2D eigenvalue weighted by Gasteiger charge is -2.04. The minimum atomic E-state index is -1.05. The number of thiazole rings is 1. The molecule has 0 saturated heterocycles. The van der Waals surface area contributed by atoms with E-state index in [4.69, 9.17) is 5.11 Å². The number of benzene rings is 1. The van der Waals surface area contributed by atoms with Gasteiger partial charge in [-0.1, -0.05) is 30.3 Å². The molecule has 2 N–H and O–H groups in total. The third-order valence-electron chi connectivity index (χ3n) is 2.99. The summed E-state index contributed by atoms with van der Waals surface area (Å²) in [6.45, 7) is 0.387. The van der Waals surface area contributed by atoms with Crippen LogP contribution < -0.4 is 5.32 Å². The number of aromatic nitrogens is 1. The van der Waals surface area contributed by atoms with Crippen LogP contribution in [0.1, 0.15) is 25.9 Å². The Morgan fingerprint density at radius 2 is 1.92 bits per heavy atom. The van der Waals surface area contributed by atoms with Crippen molar-refractivity contribution in [1.82, 2.24) is 10.3 Å². The van der Waals surface area contributed by atoms with Crippen molar-refractivity contribution in [3.05, 3.63) is 52.0 Å². The summed E-state index contributed by atoms with van der Waals surface area (Å²) in [5, 5.41) is 13.7. The van der Waals surface area contributed by atoms with Gasteiger partial charge in [-0.05, 0) is 0 Å². The van der Waals surface area contributed by atoms with Crippen molar-refractivity contribution in [1.29, 1.82) is 0 Å². The van der Waals surface area contributed by atoms with Gasteiger partial charge in [0.05, 0.1) is 16.5 Å². The average molecular weight is 364 g/mol. The number of carbonyl (C=O) groups excluding carboxylic acids is 2. The highest BCUT2D eigenvalue weighted by molar-refractivity contribution is 8.00. The average Bonchev–Trinajstić information content (AvgIpc) is 3.05. The van der Waals surface area contributed by atoms with Crippen LogP contribution in [0.25, 0.3) is 0 Å². The van der Waals surface area contributed by atoms with Gasteiger partial charge in [-0.3, -0.25) is 9.59 Å². The molecule has 0 aliphatic heterocycles. The molecule has 0 radical (unpaired) electrons. The monoisotopic (exact) mass is 364 g/mol. The Balaban J connectivity index is 1.63. The van der Waals surface area contributed by atoms with Gasteiger partial charge >= 0.3 is 5.97 Å². The first-order chi connectivity index (χ1) is 11.6.